The van der Waals surface area contributed by atoms with E-state index < -0.39 is 18.5 Å². The van der Waals surface area contributed by atoms with Crippen molar-refractivity contribution in [1.82, 2.24) is 0 Å². The molecule has 1 unspecified atom stereocenters. The highest BCUT2D eigenvalue weighted by Gasteiger charge is 2.33. The van der Waals surface area contributed by atoms with Crippen molar-refractivity contribution in [3.05, 3.63) is 53.6 Å². The lowest BCUT2D eigenvalue weighted by Gasteiger charge is -2.22. The number of benzene rings is 2. The molecular weight excluding hydrogens is 237 g/mol. The van der Waals surface area contributed by atoms with E-state index in [1.54, 1.807) is 18.2 Å². The van der Waals surface area contributed by atoms with E-state index in [-0.39, 0.29) is 0 Å². The molecule has 2 aromatic rings. The van der Waals surface area contributed by atoms with Crippen LogP contribution in [0.5, 0.6) is 0 Å². The van der Waals surface area contributed by atoms with Crippen molar-refractivity contribution in [2.75, 3.05) is 0 Å². The quantitative estimate of drug-likeness (QED) is 0.673. The molecule has 0 heterocycles. The van der Waals surface area contributed by atoms with Crippen LogP contribution in [0.25, 0.3) is 16.8 Å². The zero-order chi connectivity index (χ0) is 12.8. The molecule has 1 aliphatic carbocycles. The normalized spacial score (nSPS) is 18.3. The van der Waals surface area contributed by atoms with Gasteiger partial charge in [0.1, 0.15) is 0 Å². The first-order valence-corrected chi connectivity index (χ1v) is 5.81. The predicted molar refractivity (Wildman–Crippen MR) is 66.4 cm³/mol. The van der Waals surface area contributed by atoms with Gasteiger partial charge in [-0.05, 0) is 21.9 Å². The Labute approximate surface area is 103 Å². The summed E-state index contributed by atoms with van der Waals surface area (Å²) in [7, 11) is 0. The zero-order valence-electron chi connectivity index (χ0n) is 9.54. The lowest BCUT2D eigenvalue weighted by Crippen LogP contribution is -2.14. The van der Waals surface area contributed by atoms with Crippen LogP contribution in [-0.2, 0) is 0 Å². The summed E-state index contributed by atoms with van der Waals surface area (Å²) in [6.07, 6.45) is -1.48. The van der Waals surface area contributed by atoms with Crippen LogP contribution >= 0.6 is 0 Å². The van der Waals surface area contributed by atoms with Gasteiger partial charge in [-0.1, -0.05) is 48.6 Å². The molecule has 0 bridgehead atoms. The molecule has 0 aromatic heterocycles. The summed E-state index contributed by atoms with van der Waals surface area (Å²) in [5.74, 6) is -0.566. The average molecular weight is 248 g/mol. The van der Waals surface area contributed by atoms with Crippen molar-refractivity contribution in [3.8, 4) is 0 Å². The third-order valence-electron chi connectivity index (χ3n) is 3.33. The minimum Gasteiger partial charge on any atom is -0.171 e. The highest BCUT2D eigenvalue weighted by Crippen LogP contribution is 2.40. The van der Waals surface area contributed by atoms with Gasteiger partial charge in [-0.3, -0.25) is 0 Å². The lowest BCUT2D eigenvalue weighted by molar-refractivity contribution is -0.136. The molecule has 3 heteroatoms. The maximum atomic E-state index is 12.6. The van der Waals surface area contributed by atoms with E-state index in [1.165, 1.54) is 0 Å². The van der Waals surface area contributed by atoms with Gasteiger partial charge in [-0.15, -0.1) is 0 Å². The largest absolute Gasteiger partial charge is 0.390 e. The number of alkyl halides is 3. The molecule has 2 aromatic carbocycles. The van der Waals surface area contributed by atoms with Crippen molar-refractivity contribution in [3.63, 3.8) is 0 Å². The van der Waals surface area contributed by atoms with Gasteiger partial charge < -0.3 is 0 Å². The van der Waals surface area contributed by atoms with Crippen molar-refractivity contribution < 1.29 is 13.2 Å². The minimum absolute atomic E-state index is 0.566. The Hall–Kier alpha value is -1.77. The summed E-state index contributed by atoms with van der Waals surface area (Å²) in [5.41, 5.74) is 1.78. The van der Waals surface area contributed by atoms with Crippen molar-refractivity contribution in [2.45, 2.75) is 18.5 Å². The highest BCUT2D eigenvalue weighted by atomic mass is 19.4. The van der Waals surface area contributed by atoms with Gasteiger partial charge in [0.2, 0.25) is 0 Å². The molecule has 0 amide bonds. The van der Waals surface area contributed by atoms with Gasteiger partial charge in [-0.2, -0.15) is 13.2 Å². The van der Waals surface area contributed by atoms with E-state index in [2.05, 4.69) is 0 Å². The van der Waals surface area contributed by atoms with E-state index >= 15 is 0 Å². The van der Waals surface area contributed by atoms with Crippen LogP contribution in [0.1, 0.15) is 23.5 Å². The Kier molecular flexibility index (Phi) is 2.44. The smallest absolute Gasteiger partial charge is 0.171 e. The van der Waals surface area contributed by atoms with Crippen LogP contribution in [0, 0.1) is 0 Å². The second kappa shape index (κ2) is 3.87. The Balaban J connectivity index is 2.16. The molecule has 0 radical (unpaired) electrons. The van der Waals surface area contributed by atoms with Crippen LogP contribution < -0.4 is 0 Å². The standard InChI is InChI=1S/C15H11F3/c16-15(17,18)9-12-8-7-11-4-1-3-10-5-2-6-13(12)14(10)11/h1-8,12H,9H2. The fraction of sp³-hybridized carbons (Fsp3) is 0.200. The van der Waals surface area contributed by atoms with Crippen LogP contribution in [0.15, 0.2) is 42.5 Å². The Bertz CT molecular complexity index is 618. The van der Waals surface area contributed by atoms with E-state index in [0.29, 0.717) is 0 Å². The molecule has 0 saturated heterocycles. The maximum Gasteiger partial charge on any atom is 0.390 e. The molecule has 92 valence electrons. The monoisotopic (exact) mass is 248 g/mol. The average Bonchev–Trinajstić information content (AvgIpc) is 2.32. The minimum atomic E-state index is -4.14. The van der Waals surface area contributed by atoms with Crippen molar-refractivity contribution in [2.24, 2.45) is 0 Å². The molecule has 0 nitrogen and oxygen atoms in total. The molecule has 18 heavy (non-hydrogen) atoms. The third-order valence-corrected chi connectivity index (χ3v) is 3.33. The molecule has 0 spiro atoms. The number of hydrogen-bond donors (Lipinski definition) is 0. The first kappa shape index (κ1) is 11.3. The first-order valence-electron chi connectivity index (χ1n) is 5.81. The number of allylic oxidation sites excluding steroid dienone is 1. The molecule has 3 rings (SSSR count). The Morgan fingerprint density at radius 1 is 1.00 bits per heavy atom. The van der Waals surface area contributed by atoms with Gasteiger partial charge in [0, 0.05) is 5.92 Å². The second-order valence-electron chi connectivity index (χ2n) is 4.58. The lowest BCUT2D eigenvalue weighted by atomic mass is 9.84. The van der Waals surface area contributed by atoms with Gasteiger partial charge in [0.05, 0.1) is 6.42 Å². The SMILES string of the molecule is FC(F)(F)CC1C=Cc2cccc3cccc1c23. The number of halogens is 3. The Morgan fingerprint density at radius 2 is 1.72 bits per heavy atom. The fourth-order valence-electron chi connectivity index (χ4n) is 2.60. The summed E-state index contributed by atoms with van der Waals surface area (Å²) < 4.78 is 37.7. The van der Waals surface area contributed by atoms with Crippen LogP contribution in [0.2, 0.25) is 0 Å². The van der Waals surface area contributed by atoms with Crippen LogP contribution in [-0.4, -0.2) is 6.18 Å². The van der Waals surface area contributed by atoms with E-state index in [4.69, 9.17) is 0 Å². The molecule has 1 aliphatic rings. The second-order valence-corrected chi connectivity index (χ2v) is 4.58. The zero-order valence-corrected chi connectivity index (χ0v) is 9.54. The van der Waals surface area contributed by atoms with Crippen molar-refractivity contribution in [1.29, 1.82) is 0 Å². The number of hydrogen-bond acceptors (Lipinski definition) is 0. The van der Waals surface area contributed by atoms with Crippen LogP contribution in [0.4, 0.5) is 13.2 Å². The summed E-state index contributed by atoms with van der Waals surface area (Å²) in [5, 5.41) is 1.96. The molecule has 0 saturated carbocycles. The molecule has 0 aliphatic heterocycles. The fourth-order valence-corrected chi connectivity index (χ4v) is 2.60. The van der Waals surface area contributed by atoms with Gasteiger partial charge >= 0.3 is 6.18 Å². The van der Waals surface area contributed by atoms with E-state index in [0.717, 1.165) is 21.9 Å². The van der Waals surface area contributed by atoms with E-state index in [1.807, 2.05) is 30.3 Å². The molecule has 0 fully saturated rings. The summed E-state index contributed by atoms with van der Waals surface area (Å²) >= 11 is 0. The van der Waals surface area contributed by atoms with Gasteiger partial charge in [-0.25, -0.2) is 0 Å². The highest BCUT2D eigenvalue weighted by molar-refractivity contribution is 5.95. The summed E-state index contributed by atoms with van der Waals surface area (Å²) in [4.78, 5) is 0. The van der Waals surface area contributed by atoms with Crippen LogP contribution in [0.3, 0.4) is 0 Å². The molecular formula is C15H11F3. The van der Waals surface area contributed by atoms with Crippen molar-refractivity contribution >= 4 is 16.8 Å². The van der Waals surface area contributed by atoms with E-state index in [9.17, 15) is 13.2 Å². The van der Waals surface area contributed by atoms with Gasteiger partial charge in [0.25, 0.3) is 0 Å². The first-order chi connectivity index (χ1) is 8.54. The molecule has 0 N–H and O–H groups in total. The molecule has 1 atom stereocenters. The Morgan fingerprint density at radius 3 is 2.44 bits per heavy atom. The third kappa shape index (κ3) is 1.90. The maximum absolute atomic E-state index is 12.6. The summed E-state index contributed by atoms with van der Waals surface area (Å²) in [6, 6.07) is 11.4. The van der Waals surface area contributed by atoms with Gasteiger partial charge in [0.15, 0.2) is 0 Å². The number of rotatable bonds is 1. The predicted octanol–water partition coefficient (Wildman–Crippen LogP) is 4.90. The topological polar surface area (TPSA) is 0 Å². The summed E-state index contributed by atoms with van der Waals surface area (Å²) in [6.45, 7) is 0.